The van der Waals surface area contributed by atoms with E-state index in [0.29, 0.717) is 40.4 Å². The Morgan fingerprint density at radius 2 is 1.96 bits per heavy atom. The number of benzene rings is 1. The smallest absolute Gasteiger partial charge is 0.261 e. The van der Waals surface area contributed by atoms with E-state index < -0.39 is 0 Å². The number of H-pyrrole nitrogens is 1. The van der Waals surface area contributed by atoms with Crippen LogP contribution in [0.3, 0.4) is 0 Å². The van der Waals surface area contributed by atoms with Gasteiger partial charge in [0.2, 0.25) is 0 Å². The van der Waals surface area contributed by atoms with Gasteiger partial charge in [-0.3, -0.25) is 9.59 Å². The van der Waals surface area contributed by atoms with Crippen LogP contribution in [0.5, 0.6) is 11.5 Å². The van der Waals surface area contributed by atoms with E-state index in [0.717, 1.165) is 5.39 Å². The summed E-state index contributed by atoms with van der Waals surface area (Å²) in [7, 11) is 3.11. The molecular weight excluding hydrogens is 340 g/mol. The summed E-state index contributed by atoms with van der Waals surface area (Å²) in [5.74, 6) is 1.03. The molecule has 0 spiro atoms. The normalized spacial score (nSPS) is 10.6. The van der Waals surface area contributed by atoms with Gasteiger partial charge in [0.25, 0.3) is 11.5 Å². The zero-order chi connectivity index (χ0) is 17.8. The second-order valence-corrected chi connectivity index (χ2v) is 6.35. The van der Waals surface area contributed by atoms with Crippen molar-refractivity contribution in [1.29, 1.82) is 0 Å². The molecule has 0 atom stereocenters. The Kier molecular flexibility index (Phi) is 5.04. The molecule has 0 saturated heterocycles. The van der Waals surface area contributed by atoms with Gasteiger partial charge in [-0.1, -0.05) is 6.07 Å². The summed E-state index contributed by atoms with van der Waals surface area (Å²) in [6, 6.07) is 8.96. The summed E-state index contributed by atoms with van der Waals surface area (Å²) < 4.78 is 10.5. The molecule has 6 nitrogen and oxygen atoms in total. The molecule has 1 amide bonds. The molecule has 1 aromatic carbocycles. The van der Waals surface area contributed by atoms with Gasteiger partial charge in [0, 0.05) is 23.6 Å². The molecular formula is C18H18N2O4S. The summed E-state index contributed by atoms with van der Waals surface area (Å²) in [5, 5.41) is 5.52. The molecule has 0 fully saturated rings. The fourth-order valence-electron chi connectivity index (χ4n) is 2.57. The zero-order valence-corrected chi connectivity index (χ0v) is 14.7. The maximum absolute atomic E-state index is 12.3. The lowest BCUT2D eigenvalue weighted by atomic mass is 10.1. The van der Waals surface area contributed by atoms with Crippen molar-refractivity contribution in [3.8, 4) is 11.5 Å². The number of hydrogen-bond donors (Lipinski definition) is 2. The van der Waals surface area contributed by atoms with E-state index in [-0.39, 0.29) is 11.5 Å². The SMILES string of the molecule is COc1cc2cc(CCNC(=O)c3cccs3)c(=O)[nH]c2cc1OC. The van der Waals surface area contributed by atoms with E-state index in [1.165, 1.54) is 11.3 Å². The van der Waals surface area contributed by atoms with Crippen LogP contribution in [0.2, 0.25) is 0 Å². The van der Waals surface area contributed by atoms with Gasteiger partial charge in [0.05, 0.1) is 24.6 Å². The number of aromatic nitrogens is 1. The molecule has 0 bridgehead atoms. The number of fused-ring (bicyclic) bond motifs is 1. The number of carbonyl (C=O) groups is 1. The number of ether oxygens (including phenoxy) is 2. The molecule has 2 N–H and O–H groups in total. The Balaban J connectivity index is 1.78. The van der Waals surface area contributed by atoms with Crippen LogP contribution >= 0.6 is 11.3 Å². The van der Waals surface area contributed by atoms with Crippen molar-refractivity contribution >= 4 is 28.1 Å². The number of carbonyl (C=O) groups excluding carboxylic acids is 1. The Bertz CT molecular complexity index is 948. The molecule has 25 heavy (non-hydrogen) atoms. The van der Waals surface area contributed by atoms with Crippen LogP contribution in [-0.2, 0) is 6.42 Å². The van der Waals surface area contributed by atoms with E-state index in [1.54, 1.807) is 26.4 Å². The molecule has 2 aromatic heterocycles. The first-order chi connectivity index (χ1) is 12.1. The number of methoxy groups -OCH3 is 2. The van der Waals surface area contributed by atoms with Gasteiger partial charge in [-0.05, 0) is 30.0 Å². The van der Waals surface area contributed by atoms with Crippen LogP contribution < -0.4 is 20.3 Å². The lowest BCUT2D eigenvalue weighted by Crippen LogP contribution is -2.26. The summed E-state index contributed by atoms with van der Waals surface area (Å²) in [5.41, 5.74) is 1.10. The Morgan fingerprint density at radius 1 is 1.20 bits per heavy atom. The molecule has 0 aliphatic rings. The van der Waals surface area contributed by atoms with Crippen LogP contribution in [0.1, 0.15) is 15.2 Å². The van der Waals surface area contributed by atoms with Crippen molar-refractivity contribution in [1.82, 2.24) is 10.3 Å². The van der Waals surface area contributed by atoms with Crippen molar-refractivity contribution in [3.05, 3.63) is 56.5 Å². The van der Waals surface area contributed by atoms with Gasteiger partial charge in [-0.25, -0.2) is 0 Å². The number of thiophene rings is 1. The van der Waals surface area contributed by atoms with Gasteiger partial charge in [0.1, 0.15) is 0 Å². The first kappa shape index (κ1) is 17.0. The molecule has 130 valence electrons. The molecule has 0 saturated carbocycles. The molecule has 0 radical (unpaired) electrons. The van der Waals surface area contributed by atoms with Gasteiger partial charge in [-0.15, -0.1) is 11.3 Å². The molecule has 3 aromatic rings. The van der Waals surface area contributed by atoms with Crippen molar-refractivity contribution in [2.24, 2.45) is 0 Å². The van der Waals surface area contributed by atoms with Gasteiger partial charge in [0.15, 0.2) is 11.5 Å². The average molecular weight is 358 g/mol. The van der Waals surface area contributed by atoms with Gasteiger partial charge >= 0.3 is 0 Å². The highest BCUT2D eigenvalue weighted by molar-refractivity contribution is 7.12. The third-order valence-corrected chi connectivity index (χ3v) is 4.72. The van der Waals surface area contributed by atoms with Crippen molar-refractivity contribution in [2.45, 2.75) is 6.42 Å². The molecule has 3 rings (SSSR count). The number of amides is 1. The topological polar surface area (TPSA) is 80.4 Å². The third kappa shape index (κ3) is 3.66. The lowest BCUT2D eigenvalue weighted by molar-refractivity contribution is 0.0958. The molecule has 0 aliphatic carbocycles. The first-order valence-electron chi connectivity index (χ1n) is 7.72. The Morgan fingerprint density at radius 3 is 2.64 bits per heavy atom. The fourth-order valence-corrected chi connectivity index (χ4v) is 3.21. The average Bonchev–Trinajstić information content (AvgIpc) is 3.15. The standard InChI is InChI=1S/C18H18N2O4S/c1-23-14-9-12-8-11(17(21)20-13(12)10-15(14)24-2)5-6-19-18(22)16-4-3-7-25-16/h3-4,7-10H,5-6H2,1-2H3,(H,19,22)(H,20,21). The summed E-state index contributed by atoms with van der Waals surface area (Å²) >= 11 is 1.38. The van der Waals surface area contributed by atoms with Crippen molar-refractivity contribution < 1.29 is 14.3 Å². The number of hydrogen-bond acceptors (Lipinski definition) is 5. The highest BCUT2D eigenvalue weighted by Crippen LogP contribution is 2.31. The molecule has 2 heterocycles. The maximum Gasteiger partial charge on any atom is 0.261 e. The van der Waals surface area contributed by atoms with Crippen LogP contribution in [0.25, 0.3) is 10.9 Å². The quantitative estimate of drug-likeness (QED) is 0.710. The highest BCUT2D eigenvalue weighted by Gasteiger charge is 2.10. The first-order valence-corrected chi connectivity index (χ1v) is 8.60. The number of nitrogens with one attached hydrogen (secondary N) is 2. The predicted octanol–water partition coefficient (Wildman–Crippen LogP) is 2.58. The zero-order valence-electron chi connectivity index (χ0n) is 13.9. The second kappa shape index (κ2) is 7.40. The van der Waals surface area contributed by atoms with E-state index in [2.05, 4.69) is 10.3 Å². The fraction of sp³-hybridized carbons (Fsp3) is 0.222. The summed E-state index contributed by atoms with van der Waals surface area (Å²) in [4.78, 5) is 27.7. The van der Waals surface area contributed by atoms with E-state index >= 15 is 0 Å². The molecule has 0 unspecified atom stereocenters. The van der Waals surface area contributed by atoms with Crippen molar-refractivity contribution in [2.75, 3.05) is 20.8 Å². The minimum absolute atomic E-state index is 0.126. The van der Waals surface area contributed by atoms with Crippen LogP contribution in [0, 0.1) is 0 Å². The third-order valence-electron chi connectivity index (χ3n) is 3.85. The largest absolute Gasteiger partial charge is 0.493 e. The Labute approximate surface area is 148 Å². The van der Waals surface area contributed by atoms with Crippen LogP contribution in [-0.4, -0.2) is 31.7 Å². The molecule has 7 heteroatoms. The minimum Gasteiger partial charge on any atom is -0.493 e. The molecule has 0 aliphatic heterocycles. The Hall–Kier alpha value is -2.80. The van der Waals surface area contributed by atoms with E-state index in [1.807, 2.05) is 23.6 Å². The van der Waals surface area contributed by atoms with Gasteiger partial charge < -0.3 is 19.8 Å². The highest BCUT2D eigenvalue weighted by atomic mass is 32.1. The number of aromatic amines is 1. The summed E-state index contributed by atoms with van der Waals surface area (Å²) in [6.45, 7) is 0.388. The maximum atomic E-state index is 12.3. The summed E-state index contributed by atoms with van der Waals surface area (Å²) in [6.07, 6.45) is 0.441. The number of pyridine rings is 1. The lowest BCUT2D eigenvalue weighted by Gasteiger charge is -2.10. The van der Waals surface area contributed by atoms with Crippen molar-refractivity contribution in [3.63, 3.8) is 0 Å². The van der Waals surface area contributed by atoms with E-state index in [9.17, 15) is 9.59 Å². The minimum atomic E-state index is -0.176. The van der Waals surface area contributed by atoms with Crippen LogP contribution in [0.15, 0.2) is 40.5 Å². The monoisotopic (exact) mass is 358 g/mol. The number of rotatable bonds is 6. The predicted molar refractivity (Wildman–Crippen MR) is 98.0 cm³/mol. The second-order valence-electron chi connectivity index (χ2n) is 5.40. The van der Waals surface area contributed by atoms with Crippen LogP contribution in [0.4, 0.5) is 0 Å². The van der Waals surface area contributed by atoms with Gasteiger partial charge in [-0.2, -0.15) is 0 Å². The van der Waals surface area contributed by atoms with E-state index in [4.69, 9.17) is 9.47 Å².